The van der Waals surface area contributed by atoms with Crippen molar-refractivity contribution < 1.29 is 0 Å². The minimum atomic E-state index is 1.08. The number of hydrogen-bond acceptors (Lipinski definition) is 2. The van der Waals surface area contributed by atoms with E-state index < -0.39 is 0 Å². The Morgan fingerprint density at radius 2 is 0.821 bits per heavy atom. The number of thiophene rings is 1. The van der Waals surface area contributed by atoms with Gasteiger partial charge in [0.1, 0.15) is 0 Å². The molecular weight excluding hydrogens is 829 g/mol. The topological polar surface area (TPSA) is 8.17 Å². The van der Waals surface area contributed by atoms with E-state index >= 15 is 0 Å². The van der Waals surface area contributed by atoms with Crippen LogP contribution in [0, 0.1) is 0 Å². The lowest BCUT2D eigenvalue weighted by Crippen LogP contribution is -2.11. The maximum absolute atomic E-state index is 2.42. The maximum atomic E-state index is 2.42. The summed E-state index contributed by atoms with van der Waals surface area (Å²) in [6, 6.07) is 93.2. The Balaban J connectivity index is 0.929. The molecular formula is C64H42N2S. The van der Waals surface area contributed by atoms with Crippen LogP contribution in [0.5, 0.6) is 0 Å². The van der Waals surface area contributed by atoms with Crippen molar-refractivity contribution in [2.75, 3.05) is 4.90 Å². The standard InChI is InChI=1S/C64H42N2S/c1-2-19-51-44(15-1)16-14-25-52(51)47-18-13-17-46(41-47)43-31-36-49(37-32-43)65(59-26-8-4-21-54(59)48-35-40-58-57-24-7-12-30-63(57)67-64(58)42-48)50-38-33-45(34-39-50)53-20-3-9-27-60(53)66-61-28-10-5-22-55(61)56-23-6-11-29-62(56)66/h1-42H. The smallest absolute Gasteiger partial charge is 0.0541 e. The molecule has 0 unspecified atom stereocenters. The van der Waals surface area contributed by atoms with Gasteiger partial charge in [0.25, 0.3) is 0 Å². The SMILES string of the molecule is c1cc(-c2ccc(N(c3ccc(-c4ccccc4-n4c5ccccc5c5ccccc54)cc3)c3ccccc3-c3ccc4c(c3)sc3ccccc34)cc2)cc(-c2cccc3ccccc23)c1. The van der Waals surface area contributed by atoms with Crippen molar-refractivity contribution in [1.29, 1.82) is 0 Å². The Kier molecular flexibility index (Phi) is 9.40. The third-order valence-corrected chi connectivity index (χ3v) is 14.6. The number of fused-ring (bicyclic) bond motifs is 7. The molecule has 314 valence electrons. The molecule has 13 aromatic rings. The van der Waals surface area contributed by atoms with Crippen molar-refractivity contribution in [3.8, 4) is 50.2 Å². The largest absolute Gasteiger partial charge is 0.310 e. The van der Waals surface area contributed by atoms with Crippen LogP contribution < -0.4 is 4.90 Å². The highest BCUT2D eigenvalue weighted by Crippen LogP contribution is 2.45. The fourth-order valence-corrected chi connectivity index (χ4v) is 11.4. The third-order valence-electron chi connectivity index (χ3n) is 13.4. The van der Waals surface area contributed by atoms with Crippen LogP contribution >= 0.6 is 11.3 Å². The zero-order valence-electron chi connectivity index (χ0n) is 36.6. The minimum absolute atomic E-state index is 1.08. The van der Waals surface area contributed by atoms with Gasteiger partial charge in [0.2, 0.25) is 0 Å². The van der Waals surface area contributed by atoms with Gasteiger partial charge in [-0.05, 0) is 111 Å². The fraction of sp³-hybridized carbons (Fsp3) is 0. The first kappa shape index (κ1) is 38.9. The monoisotopic (exact) mass is 870 g/mol. The molecule has 0 radical (unpaired) electrons. The summed E-state index contributed by atoms with van der Waals surface area (Å²) in [6.07, 6.45) is 0. The normalized spacial score (nSPS) is 11.6. The summed E-state index contributed by atoms with van der Waals surface area (Å²) in [7, 11) is 0. The molecule has 0 N–H and O–H groups in total. The summed E-state index contributed by atoms with van der Waals surface area (Å²) in [5, 5.41) is 7.64. The van der Waals surface area contributed by atoms with E-state index in [4.69, 9.17) is 0 Å². The number of aromatic nitrogens is 1. The molecule has 0 spiro atoms. The summed E-state index contributed by atoms with van der Waals surface area (Å²) in [6.45, 7) is 0. The van der Waals surface area contributed by atoms with Crippen LogP contribution in [0.15, 0.2) is 255 Å². The van der Waals surface area contributed by atoms with E-state index in [2.05, 4.69) is 264 Å². The van der Waals surface area contributed by atoms with Crippen LogP contribution in [0.1, 0.15) is 0 Å². The molecule has 0 aliphatic carbocycles. The van der Waals surface area contributed by atoms with Gasteiger partial charge >= 0.3 is 0 Å². The van der Waals surface area contributed by atoms with E-state index in [1.54, 1.807) is 0 Å². The first-order chi connectivity index (χ1) is 33.2. The van der Waals surface area contributed by atoms with Crippen LogP contribution in [0.3, 0.4) is 0 Å². The summed E-state index contributed by atoms with van der Waals surface area (Å²) in [5.41, 5.74) is 16.4. The van der Waals surface area contributed by atoms with E-state index in [1.165, 1.54) is 91.7 Å². The molecule has 0 amide bonds. The first-order valence-electron chi connectivity index (χ1n) is 22.9. The molecule has 0 aliphatic rings. The Morgan fingerprint density at radius 1 is 0.299 bits per heavy atom. The highest BCUT2D eigenvalue weighted by Gasteiger charge is 2.20. The van der Waals surface area contributed by atoms with Crippen LogP contribution in [0.25, 0.3) is 103 Å². The predicted octanol–water partition coefficient (Wildman–Crippen LogP) is 18.4. The average molecular weight is 871 g/mol. The second kappa shape index (κ2) is 16.2. The Hall–Kier alpha value is -8.50. The van der Waals surface area contributed by atoms with Crippen molar-refractivity contribution >= 4 is 81.1 Å². The van der Waals surface area contributed by atoms with Crippen LogP contribution in [0.4, 0.5) is 17.1 Å². The molecule has 0 saturated carbocycles. The second-order valence-electron chi connectivity index (χ2n) is 17.2. The molecule has 0 fully saturated rings. The third kappa shape index (κ3) is 6.71. The number of rotatable bonds is 8. The fourth-order valence-electron chi connectivity index (χ4n) is 10.3. The maximum Gasteiger partial charge on any atom is 0.0541 e. The minimum Gasteiger partial charge on any atom is -0.310 e. The van der Waals surface area contributed by atoms with Gasteiger partial charge in [0.05, 0.1) is 22.4 Å². The number of hydrogen-bond donors (Lipinski definition) is 0. The van der Waals surface area contributed by atoms with E-state index in [1.807, 2.05) is 11.3 Å². The molecule has 3 heteroatoms. The quantitative estimate of drug-likeness (QED) is 0.148. The summed E-state index contributed by atoms with van der Waals surface area (Å²) in [5.74, 6) is 0. The predicted molar refractivity (Wildman–Crippen MR) is 288 cm³/mol. The first-order valence-corrected chi connectivity index (χ1v) is 23.7. The van der Waals surface area contributed by atoms with E-state index in [0.717, 1.165) is 28.3 Å². The van der Waals surface area contributed by atoms with Crippen LogP contribution in [-0.4, -0.2) is 4.57 Å². The van der Waals surface area contributed by atoms with E-state index in [9.17, 15) is 0 Å². The summed E-state index contributed by atoms with van der Waals surface area (Å²) >= 11 is 1.86. The Morgan fingerprint density at radius 3 is 1.60 bits per heavy atom. The van der Waals surface area contributed by atoms with Crippen LogP contribution in [0.2, 0.25) is 0 Å². The van der Waals surface area contributed by atoms with Crippen molar-refractivity contribution in [1.82, 2.24) is 4.57 Å². The Bertz CT molecular complexity index is 3930. The Labute approximate surface area is 393 Å². The molecule has 2 nitrogen and oxygen atoms in total. The second-order valence-corrected chi connectivity index (χ2v) is 18.3. The highest BCUT2D eigenvalue weighted by atomic mass is 32.1. The van der Waals surface area contributed by atoms with Gasteiger partial charge in [-0.2, -0.15) is 0 Å². The molecule has 13 rings (SSSR count). The van der Waals surface area contributed by atoms with Crippen molar-refractivity contribution in [2.24, 2.45) is 0 Å². The van der Waals surface area contributed by atoms with Crippen molar-refractivity contribution in [2.45, 2.75) is 0 Å². The van der Waals surface area contributed by atoms with Gasteiger partial charge in [-0.3, -0.25) is 0 Å². The number of nitrogens with zero attached hydrogens (tertiary/aromatic N) is 2. The summed E-state index contributed by atoms with van der Waals surface area (Å²) in [4.78, 5) is 2.42. The van der Waals surface area contributed by atoms with E-state index in [0.29, 0.717) is 0 Å². The highest BCUT2D eigenvalue weighted by molar-refractivity contribution is 7.25. The lowest BCUT2D eigenvalue weighted by atomic mass is 9.95. The molecule has 0 atom stereocenters. The number of benzene rings is 11. The van der Waals surface area contributed by atoms with Crippen LogP contribution in [-0.2, 0) is 0 Å². The van der Waals surface area contributed by atoms with Crippen molar-refractivity contribution in [3.05, 3.63) is 255 Å². The lowest BCUT2D eigenvalue weighted by molar-refractivity contribution is 1.18. The molecule has 11 aromatic carbocycles. The molecule has 2 aromatic heterocycles. The molecule has 0 saturated heterocycles. The lowest BCUT2D eigenvalue weighted by Gasteiger charge is -2.28. The zero-order chi connectivity index (χ0) is 44.3. The van der Waals surface area contributed by atoms with Gasteiger partial charge in [0, 0.05) is 53.4 Å². The van der Waals surface area contributed by atoms with Crippen molar-refractivity contribution in [3.63, 3.8) is 0 Å². The van der Waals surface area contributed by atoms with Gasteiger partial charge < -0.3 is 9.47 Å². The average Bonchev–Trinajstić information content (AvgIpc) is 3.95. The molecule has 0 bridgehead atoms. The molecule has 2 heterocycles. The van der Waals surface area contributed by atoms with Gasteiger partial charge in [-0.1, -0.05) is 188 Å². The summed E-state index contributed by atoms with van der Waals surface area (Å²) < 4.78 is 5.02. The van der Waals surface area contributed by atoms with E-state index in [-0.39, 0.29) is 0 Å². The molecule has 0 aliphatic heterocycles. The zero-order valence-corrected chi connectivity index (χ0v) is 37.4. The number of anilines is 3. The number of para-hydroxylation sites is 4. The van der Waals surface area contributed by atoms with Gasteiger partial charge in [0.15, 0.2) is 0 Å². The molecule has 67 heavy (non-hydrogen) atoms. The van der Waals surface area contributed by atoms with Gasteiger partial charge in [-0.25, -0.2) is 0 Å². The van der Waals surface area contributed by atoms with Gasteiger partial charge in [-0.15, -0.1) is 11.3 Å².